The Kier molecular flexibility index (Phi) is 6.43. The van der Waals surface area contributed by atoms with Gasteiger partial charge in [-0.05, 0) is 53.4 Å². The first kappa shape index (κ1) is 23.6. The van der Waals surface area contributed by atoms with Crippen molar-refractivity contribution >= 4 is 11.8 Å². The number of rotatable bonds is 5. The summed E-state index contributed by atoms with van der Waals surface area (Å²) >= 11 is 0. The van der Waals surface area contributed by atoms with Crippen molar-refractivity contribution < 1.29 is 22.7 Å². The summed E-state index contributed by atoms with van der Waals surface area (Å²) < 4.78 is 44.2. The zero-order chi connectivity index (χ0) is 25.1. The van der Waals surface area contributed by atoms with E-state index in [0.717, 1.165) is 43.0 Å². The molecule has 0 aliphatic carbocycles. The van der Waals surface area contributed by atoms with Crippen LogP contribution in [-0.2, 0) is 25.7 Å². The van der Waals surface area contributed by atoms with Gasteiger partial charge in [0.1, 0.15) is 12.1 Å². The highest BCUT2D eigenvalue weighted by molar-refractivity contribution is 5.88. The Morgan fingerprint density at radius 1 is 1.06 bits per heavy atom. The van der Waals surface area contributed by atoms with Crippen molar-refractivity contribution in [2.75, 3.05) is 11.9 Å². The van der Waals surface area contributed by atoms with Crippen LogP contribution < -0.4 is 10.1 Å². The molecule has 0 atom stereocenters. The van der Waals surface area contributed by atoms with Gasteiger partial charge in [0.05, 0.1) is 12.1 Å². The number of para-hydroxylation sites is 1. The Balaban J connectivity index is 1.25. The fourth-order valence-electron chi connectivity index (χ4n) is 4.21. The number of H-pyrrole nitrogens is 1. The van der Waals surface area contributed by atoms with E-state index in [1.165, 1.54) is 17.7 Å². The predicted octanol–water partition coefficient (Wildman–Crippen LogP) is 5.66. The first-order valence-electron chi connectivity index (χ1n) is 11.3. The number of hydrogen-bond donors (Lipinski definition) is 2. The van der Waals surface area contributed by atoms with Crippen LogP contribution in [0.5, 0.6) is 5.75 Å². The maximum absolute atomic E-state index is 12.9. The molecule has 0 saturated heterocycles. The Bertz CT molecular complexity index is 1360. The van der Waals surface area contributed by atoms with Crippen molar-refractivity contribution in [3.63, 3.8) is 0 Å². The third kappa shape index (κ3) is 5.38. The zero-order valence-electron chi connectivity index (χ0n) is 19.0. The largest absolute Gasteiger partial charge is 0.417 e. The van der Waals surface area contributed by atoms with Crippen LogP contribution in [0.1, 0.15) is 22.5 Å². The van der Waals surface area contributed by atoms with Gasteiger partial charge in [-0.25, -0.2) is 9.78 Å². The summed E-state index contributed by atoms with van der Waals surface area (Å²) in [5, 5.41) is 9.57. The quantitative estimate of drug-likeness (QED) is 0.375. The number of hydrogen-bond acceptors (Lipinski definition) is 5. The van der Waals surface area contributed by atoms with Crippen molar-refractivity contribution in [3.05, 3.63) is 95.6 Å². The standard InChI is InChI=1S/C26H22F3N5O2/c27-26(28,29)20-8-5-17(6-9-20)22-3-1-2-4-23(22)36-25(35)32-21-10-7-19-14-34(12-11-18(19)13-21)15-24-30-16-31-33-24/h1-10,13,16H,11-12,14-15H2,(H,32,35)(H,30,31,33). The minimum atomic E-state index is -4.42. The van der Waals surface area contributed by atoms with E-state index in [9.17, 15) is 18.0 Å². The number of nitrogens with zero attached hydrogens (tertiary/aromatic N) is 3. The van der Waals surface area contributed by atoms with Crippen molar-refractivity contribution in [1.29, 1.82) is 0 Å². The molecule has 184 valence electrons. The predicted molar refractivity (Wildman–Crippen MR) is 127 cm³/mol. The van der Waals surface area contributed by atoms with Gasteiger partial charge in [-0.15, -0.1) is 0 Å². The number of amides is 1. The third-order valence-electron chi connectivity index (χ3n) is 5.99. The van der Waals surface area contributed by atoms with Crippen LogP contribution in [-0.4, -0.2) is 32.7 Å². The zero-order valence-corrected chi connectivity index (χ0v) is 19.0. The van der Waals surface area contributed by atoms with Gasteiger partial charge in [0.2, 0.25) is 0 Å². The van der Waals surface area contributed by atoms with Crippen molar-refractivity contribution in [1.82, 2.24) is 20.1 Å². The monoisotopic (exact) mass is 493 g/mol. The van der Waals surface area contributed by atoms with Crippen LogP contribution in [0.15, 0.2) is 73.1 Å². The fraction of sp³-hybridized carbons (Fsp3) is 0.192. The van der Waals surface area contributed by atoms with Crippen LogP contribution >= 0.6 is 0 Å². The summed E-state index contributed by atoms with van der Waals surface area (Å²) in [6, 6.07) is 17.2. The molecule has 7 nitrogen and oxygen atoms in total. The lowest BCUT2D eigenvalue weighted by atomic mass is 9.99. The lowest BCUT2D eigenvalue weighted by Crippen LogP contribution is -2.30. The van der Waals surface area contributed by atoms with Gasteiger partial charge in [0, 0.05) is 24.3 Å². The number of aromatic amines is 1. The summed E-state index contributed by atoms with van der Waals surface area (Å²) in [5.41, 5.74) is 3.20. The van der Waals surface area contributed by atoms with Gasteiger partial charge in [0.15, 0.2) is 5.82 Å². The molecule has 0 bridgehead atoms. The highest BCUT2D eigenvalue weighted by Crippen LogP contribution is 2.34. The Morgan fingerprint density at radius 3 is 2.61 bits per heavy atom. The van der Waals surface area contributed by atoms with E-state index < -0.39 is 17.8 Å². The Labute approximate surface area is 204 Å². The number of anilines is 1. The van der Waals surface area contributed by atoms with Gasteiger partial charge in [-0.3, -0.25) is 15.3 Å². The second kappa shape index (κ2) is 9.82. The van der Waals surface area contributed by atoms with Crippen LogP contribution in [0.4, 0.5) is 23.7 Å². The summed E-state index contributed by atoms with van der Waals surface area (Å²) in [6.45, 7) is 2.26. The molecule has 36 heavy (non-hydrogen) atoms. The second-order valence-corrected chi connectivity index (χ2v) is 8.45. The second-order valence-electron chi connectivity index (χ2n) is 8.45. The van der Waals surface area contributed by atoms with E-state index in [2.05, 4.69) is 25.4 Å². The number of fused-ring (bicyclic) bond motifs is 1. The van der Waals surface area contributed by atoms with E-state index in [1.807, 2.05) is 18.2 Å². The molecule has 0 unspecified atom stereocenters. The maximum Gasteiger partial charge on any atom is 0.417 e. The highest BCUT2D eigenvalue weighted by Gasteiger charge is 2.30. The molecular formula is C26H22F3N5O2. The number of halogens is 3. The molecule has 1 aliphatic rings. The number of ether oxygens (including phenoxy) is 1. The third-order valence-corrected chi connectivity index (χ3v) is 5.99. The molecule has 2 heterocycles. The minimum absolute atomic E-state index is 0.246. The Morgan fingerprint density at radius 2 is 1.86 bits per heavy atom. The minimum Gasteiger partial charge on any atom is -0.409 e. The smallest absolute Gasteiger partial charge is 0.409 e. The number of aromatic nitrogens is 3. The number of benzene rings is 3. The van der Waals surface area contributed by atoms with Crippen molar-refractivity contribution in [2.45, 2.75) is 25.7 Å². The molecule has 2 N–H and O–H groups in total. The number of alkyl halides is 3. The van der Waals surface area contributed by atoms with E-state index in [0.29, 0.717) is 23.4 Å². The first-order valence-corrected chi connectivity index (χ1v) is 11.3. The van der Waals surface area contributed by atoms with Crippen LogP contribution in [0.3, 0.4) is 0 Å². The molecule has 3 aromatic carbocycles. The average Bonchev–Trinajstić information content (AvgIpc) is 3.37. The number of carbonyl (C=O) groups is 1. The van der Waals surface area contributed by atoms with Gasteiger partial charge < -0.3 is 4.74 Å². The van der Waals surface area contributed by atoms with E-state index >= 15 is 0 Å². The lowest BCUT2D eigenvalue weighted by Gasteiger charge is -2.28. The summed E-state index contributed by atoms with van der Waals surface area (Å²) in [6.07, 6.45) is -2.72. The fourth-order valence-corrected chi connectivity index (χ4v) is 4.21. The maximum atomic E-state index is 12.9. The van der Waals surface area contributed by atoms with E-state index in [4.69, 9.17) is 4.74 Å². The molecule has 1 amide bonds. The highest BCUT2D eigenvalue weighted by atomic mass is 19.4. The molecular weight excluding hydrogens is 471 g/mol. The van der Waals surface area contributed by atoms with Crippen LogP contribution in [0.2, 0.25) is 0 Å². The lowest BCUT2D eigenvalue weighted by molar-refractivity contribution is -0.137. The summed E-state index contributed by atoms with van der Waals surface area (Å²) in [7, 11) is 0. The van der Waals surface area contributed by atoms with E-state index in [1.54, 1.807) is 30.6 Å². The molecule has 10 heteroatoms. The number of carbonyl (C=O) groups excluding carboxylic acids is 1. The molecule has 5 rings (SSSR count). The molecule has 1 aromatic heterocycles. The van der Waals surface area contributed by atoms with Gasteiger partial charge in [-0.2, -0.15) is 18.3 Å². The Hall–Kier alpha value is -4.18. The molecule has 0 spiro atoms. The van der Waals surface area contributed by atoms with Crippen molar-refractivity contribution in [3.8, 4) is 16.9 Å². The molecule has 4 aromatic rings. The van der Waals surface area contributed by atoms with E-state index in [-0.39, 0.29) is 5.75 Å². The normalized spacial score (nSPS) is 13.8. The van der Waals surface area contributed by atoms with Crippen LogP contribution in [0, 0.1) is 0 Å². The SMILES string of the molecule is O=C(Nc1ccc2c(c1)CCN(Cc1nc[nH]n1)C2)Oc1ccccc1-c1ccc(C(F)(F)F)cc1. The van der Waals surface area contributed by atoms with Gasteiger partial charge in [-0.1, -0.05) is 36.4 Å². The summed E-state index contributed by atoms with van der Waals surface area (Å²) in [4.78, 5) is 19.1. The van der Waals surface area contributed by atoms with Crippen LogP contribution in [0.25, 0.3) is 11.1 Å². The number of nitrogens with one attached hydrogen (secondary N) is 2. The molecule has 0 saturated carbocycles. The summed E-state index contributed by atoms with van der Waals surface area (Å²) in [5.74, 6) is 0.992. The van der Waals surface area contributed by atoms with Crippen molar-refractivity contribution in [2.24, 2.45) is 0 Å². The molecule has 0 radical (unpaired) electrons. The average molecular weight is 493 g/mol. The topological polar surface area (TPSA) is 83.1 Å². The first-order chi connectivity index (χ1) is 17.3. The molecule has 1 aliphatic heterocycles. The van der Waals surface area contributed by atoms with Gasteiger partial charge >= 0.3 is 12.3 Å². The molecule has 0 fully saturated rings. The van der Waals surface area contributed by atoms with Gasteiger partial charge in [0.25, 0.3) is 0 Å².